The molecule has 2 rings (SSSR count). The van der Waals surface area contributed by atoms with Gasteiger partial charge in [-0.05, 0) is 32.5 Å². The number of nitrogen functional groups attached to an aromatic ring is 1. The molecular formula is C19H26N2O2S. The Labute approximate surface area is 148 Å². The fraction of sp³-hybridized carbons (Fsp3) is 0.421. The van der Waals surface area contributed by atoms with Crippen molar-refractivity contribution in [1.82, 2.24) is 4.90 Å². The predicted octanol–water partition coefficient (Wildman–Crippen LogP) is 4.41. The molecule has 5 heteroatoms. The fourth-order valence-corrected chi connectivity index (χ4v) is 3.84. The average Bonchev–Trinajstić information content (AvgIpc) is 2.90. The number of esters is 1. The van der Waals surface area contributed by atoms with E-state index in [0.717, 1.165) is 41.9 Å². The molecule has 4 nitrogen and oxygen atoms in total. The minimum absolute atomic E-state index is 0.340. The molecule has 0 unspecified atom stereocenters. The molecule has 24 heavy (non-hydrogen) atoms. The molecule has 0 bridgehead atoms. The van der Waals surface area contributed by atoms with Crippen LogP contribution >= 0.6 is 11.3 Å². The SMILES string of the molecule is CCCCN(C)Cc1sc(N)c(C(=O)OCC)c1-c1ccccc1. The van der Waals surface area contributed by atoms with Gasteiger partial charge in [-0.3, -0.25) is 0 Å². The van der Waals surface area contributed by atoms with E-state index in [1.807, 2.05) is 37.3 Å². The zero-order valence-electron chi connectivity index (χ0n) is 14.7. The predicted molar refractivity (Wildman–Crippen MR) is 101 cm³/mol. The Kier molecular flexibility index (Phi) is 6.82. The maximum absolute atomic E-state index is 12.4. The Morgan fingerprint density at radius 3 is 2.58 bits per heavy atom. The van der Waals surface area contributed by atoms with E-state index in [1.165, 1.54) is 11.3 Å². The molecule has 1 aromatic heterocycles. The van der Waals surface area contributed by atoms with Crippen LogP contribution in [0.4, 0.5) is 5.00 Å². The quantitative estimate of drug-likeness (QED) is 0.720. The van der Waals surface area contributed by atoms with E-state index in [0.29, 0.717) is 17.2 Å². The molecule has 1 aromatic carbocycles. The summed E-state index contributed by atoms with van der Waals surface area (Å²) in [5.74, 6) is -0.340. The second kappa shape index (κ2) is 8.85. The van der Waals surface area contributed by atoms with Crippen molar-refractivity contribution in [1.29, 1.82) is 0 Å². The highest BCUT2D eigenvalue weighted by atomic mass is 32.1. The largest absolute Gasteiger partial charge is 0.462 e. The third-order valence-electron chi connectivity index (χ3n) is 3.86. The lowest BCUT2D eigenvalue weighted by Gasteiger charge is -2.16. The number of benzene rings is 1. The fourth-order valence-electron chi connectivity index (χ4n) is 2.68. The van der Waals surface area contributed by atoms with Gasteiger partial charge in [-0.15, -0.1) is 11.3 Å². The van der Waals surface area contributed by atoms with Crippen LogP contribution in [0.5, 0.6) is 0 Å². The zero-order valence-corrected chi connectivity index (χ0v) is 15.5. The first-order valence-electron chi connectivity index (χ1n) is 8.40. The normalized spacial score (nSPS) is 11.0. The summed E-state index contributed by atoms with van der Waals surface area (Å²) in [6.45, 7) is 6.14. The number of carbonyl (C=O) groups excluding carboxylic acids is 1. The standard InChI is InChI=1S/C19H26N2O2S/c1-4-6-12-21(3)13-15-16(14-10-8-7-9-11-14)17(18(20)24-15)19(22)23-5-2/h7-11H,4-6,12-13,20H2,1-3H3. The molecule has 0 saturated carbocycles. The Balaban J connectivity index is 2.43. The highest BCUT2D eigenvalue weighted by Gasteiger charge is 2.24. The van der Waals surface area contributed by atoms with Crippen LogP contribution in [0.15, 0.2) is 30.3 Å². The van der Waals surface area contributed by atoms with Crippen molar-refractivity contribution in [2.75, 3.05) is 25.9 Å². The summed E-state index contributed by atoms with van der Waals surface area (Å²) >= 11 is 1.49. The van der Waals surface area contributed by atoms with Gasteiger partial charge in [-0.25, -0.2) is 4.79 Å². The van der Waals surface area contributed by atoms with Crippen molar-refractivity contribution >= 4 is 22.3 Å². The average molecular weight is 346 g/mol. The van der Waals surface area contributed by atoms with Crippen LogP contribution in [0.3, 0.4) is 0 Å². The van der Waals surface area contributed by atoms with Gasteiger partial charge in [-0.2, -0.15) is 0 Å². The molecule has 0 saturated heterocycles. The lowest BCUT2D eigenvalue weighted by atomic mass is 10.0. The Morgan fingerprint density at radius 2 is 1.96 bits per heavy atom. The van der Waals surface area contributed by atoms with Crippen molar-refractivity contribution in [3.63, 3.8) is 0 Å². The number of nitrogens with zero attached hydrogens (tertiary/aromatic N) is 1. The smallest absolute Gasteiger partial charge is 0.341 e. The third kappa shape index (κ3) is 4.36. The summed E-state index contributed by atoms with van der Waals surface area (Å²) in [7, 11) is 2.10. The molecule has 0 amide bonds. The Hall–Kier alpha value is -1.85. The number of ether oxygens (including phenoxy) is 1. The van der Waals surface area contributed by atoms with Crippen molar-refractivity contribution in [2.24, 2.45) is 0 Å². The van der Waals surface area contributed by atoms with Crippen LogP contribution in [0, 0.1) is 0 Å². The van der Waals surface area contributed by atoms with Crippen molar-refractivity contribution in [3.8, 4) is 11.1 Å². The third-order valence-corrected chi connectivity index (χ3v) is 4.86. The van der Waals surface area contributed by atoms with Gasteiger partial charge in [0.2, 0.25) is 0 Å². The van der Waals surface area contributed by atoms with Gasteiger partial charge in [0.25, 0.3) is 0 Å². The molecule has 0 radical (unpaired) electrons. The number of thiophene rings is 1. The van der Waals surface area contributed by atoms with Crippen molar-refractivity contribution in [2.45, 2.75) is 33.2 Å². The van der Waals surface area contributed by atoms with Crippen LogP contribution in [0.25, 0.3) is 11.1 Å². The highest BCUT2D eigenvalue weighted by molar-refractivity contribution is 7.17. The van der Waals surface area contributed by atoms with E-state index < -0.39 is 0 Å². The van der Waals surface area contributed by atoms with Crippen LogP contribution < -0.4 is 5.73 Å². The van der Waals surface area contributed by atoms with E-state index in [-0.39, 0.29) is 5.97 Å². The molecule has 0 aliphatic rings. The number of nitrogens with two attached hydrogens (primary N) is 1. The molecule has 130 valence electrons. The molecule has 0 aliphatic carbocycles. The number of anilines is 1. The van der Waals surface area contributed by atoms with E-state index in [4.69, 9.17) is 10.5 Å². The van der Waals surface area contributed by atoms with Crippen molar-refractivity contribution < 1.29 is 9.53 Å². The van der Waals surface area contributed by atoms with Gasteiger partial charge in [0.05, 0.1) is 6.61 Å². The van der Waals surface area contributed by atoms with Crippen LogP contribution in [0.2, 0.25) is 0 Å². The lowest BCUT2D eigenvalue weighted by molar-refractivity contribution is 0.0529. The zero-order chi connectivity index (χ0) is 17.5. The van der Waals surface area contributed by atoms with Gasteiger partial charge >= 0.3 is 5.97 Å². The highest BCUT2D eigenvalue weighted by Crippen LogP contribution is 2.39. The van der Waals surface area contributed by atoms with E-state index in [9.17, 15) is 4.79 Å². The Morgan fingerprint density at radius 1 is 1.25 bits per heavy atom. The first-order valence-corrected chi connectivity index (χ1v) is 9.22. The maximum Gasteiger partial charge on any atom is 0.341 e. The second-order valence-electron chi connectivity index (χ2n) is 5.82. The lowest BCUT2D eigenvalue weighted by Crippen LogP contribution is -2.18. The number of carbonyl (C=O) groups is 1. The minimum atomic E-state index is -0.340. The topological polar surface area (TPSA) is 55.6 Å². The molecule has 0 fully saturated rings. The summed E-state index contributed by atoms with van der Waals surface area (Å²) in [6.07, 6.45) is 2.32. The number of unbranched alkanes of at least 4 members (excludes halogenated alkanes) is 1. The van der Waals surface area contributed by atoms with Crippen molar-refractivity contribution in [3.05, 3.63) is 40.8 Å². The minimum Gasteiger partial charge on any atom is -0.462 e. The van der Waals surface area contributed by atoms with Crippen LogP contribution in [-0.2, 0) is 11.3 Å². The molecule has 0 aliphatic heterocycles. The number of hydrogen-bond acceptors (Lipinski definition) is 5. The second-order valence-corrected chi connectivity index (χ2v) is 6.95. The molecule has 0 atom stereocenters. The molecule has 1 heterocycles. The number of rotatable bonds is 8. The van der Waals surface area contributed by atoms with E-state index in [2.05, 4.69) is 18.9 Å². The summed E-state index contributed by atoms with van der Waals surface area (Å²) in [5.41, 5.74) is 8.62. The first-order chi connectivity index (χ1) is 11.6. The number of hydrogen-bond donors (Lipinski definition) is 1. The molecule has 2 aromatic rings. The van der Waals surface area contributed by atoms with Gasteiger partial charge in [0.1, 0.15) is 10.6 Å². The van der Waals surface area contributed by atoms with Gasteiger partial charge in [0.15, 0.2) is 0 Å². The van der Waals surface area contributed by atoms with E-state index in [1.54, 1.807) is 0 Å². The molecule has 0 spiro atoms. The molecule has 2 N–H and O–H groups in total. The summed E-state index contributed by atoms with van der Waals surface area (Å²) in [5, 5.41) is 0.534. The van der Waals surface area contributed by atoms with Gasteiger partial charge < -0.3 is 15.4 Å². The van der Waals surface area contributed by atoms with Gasteiger partial charge in [0, 0.05) is 17.0 Å². The van der Waals surface area contributed by atoms with Crippen LogP contribution in [0.1, 0.15) is 41.9 Å². The summed E-state index contributed by atoms with van der Waals surface area (Å²) < 4.78 is 5.23. The van der Waals surface area contributed by atoms with Gasteiger partial charge in [-0.1, -0.05) is 43.7 Å². The monoisotopic (exact) mass is 346 g/mol. The van der Waals surface area contributed by atoms with Crippen LogP contribution in [-0.4, -0.2) is 31.1 Å². The maximum atomic E-state index is 12.4. The summed E-state index contributed by atoms with van der Waals surface area (Å²) in [6, 6.07) is 9.95. The first kappa shape index (κ1) is 18.5. The molecular weight excluding hydrogens is 320 g/mol. The van der Waals surface area contributed by atoms with E-state index >= 15 is 0 Å². The summed E-state index contributed by atoms with van der Waals surface area (Å²) in [4.78, 5) is 15.8. The Bertz CT molecular complexity index is 668.